The fraction of sp³-hybridized carbons (Fsp3) is 0. The number of sulfonamides is 1. The quantitative estimate of drug-likeness (QED) is 0.340. The highest BCUT2D eigenvalue weighted by molar-refractivity contribution is 7.92. The van der Waals surface area contributed by atoms with E-state index in [1.54, 1.807) is 0 Å². The van der Waals surface area contributed by atoms with Crippen LogP contribution in [0.1, 0.15) is 0 Å². The zero-order chi connectivity index (χ0) is 24.2. The van der Waals surface area contributed by atoms with Crippen molar-refractivity contribution in [3.8, 4) is 11.1 Å². The Balaban J connectivity index is 1.62. The fourth-order valence-electron chi connectivity index (χ4n) is 3.45. The van der Waals surface area contributed by atoms with E-state index in [9.17, 15) is 22.0 Å². The molecule has 0 bridgehead atoms. The lowest BCUT2D eigenvalue weighted by atomic mass is 10.0. The van der Waals surface area contributed by atoms with Crippen molar-refractivity contribution >= 4 is 54.0 Å². The third-order valence-corrected chi connectivity index (χ3v) is 7.20. The van der Waals surface area contributed by atoms with Crippen molar-refractivity contribution in [1.82, 2.24) is 15.0 Å². The molecule has 0 aliphatic carbocycles. The largest absolute Gasteiger partial charge is 0.384 e. The summed E-state index contributed by atoms with van der Waals surface area (Å²) in [6.07, 6.45) is 1.31. The second-order valence-electron chi connectivity index (χ2n) is 7.20. The number of anilines is 2. The van der Waals surface area contributed by atoms with Crippen LogP contribution in [0.25, 0.3) is 32.2 Å². The van der Waals surface area contributed by atoms with Gasteiger partial charge in [-0.15, -0.1) is 11.3 Å². The normalized spacial score (nSPS) is 11.9. The number of aromatic nitrogens is 3. The first kappa shape index (κ1) is 21.9. The van der Waals surface area contributed by atoms with E-state index in [4.69, 9.17) is 5.73 Å². The van der Waals surface area contributed by atoms with Crippen molar-refractivity contribution in [3.63, 3.8) is 0 Å². The topological polar surface area (TPSA) is 131 Å². The lowest BCUT2D eigenvalue weighted by molar-refractivity contribution is 0.569. The second-order valence-corrected chi connectivity index (χ2v) is 9.74. The standard InChI is InChI=1S/C21H12F3N5O3S2/c22-11-1-2-13(29-34(31,32)17-6-16-15(4-12(17)23)27-8-33-16)20(24)19(11)10-3-9-7-26-18(25)5-14(9)28-21(10)30/h1-8,29H,(H2,25,26)(H,28,30). The van der Waals surface area contributed by atoms with Crippen LogP contribution < -0.4 is 16.0 Å². The van der Waals surface area contributed by atoms with Crippen LogP contribution in [0, 0.1) is 17.5 Å². The minimum Gasteiger partial charge on any atom is -0.384 e. The number of hydrogen-bond donors (Lipinski definition) is 3. The van der Waals surface area contributed by atoms with Crippen LogP contribution in [0.2, 0.25) is 0 Å². The summed E-state index contributed by atoms with van der Waals surface area (Å²) in [5.74, 6) is -3.41. The van der Waals surface area contributed by atoms with E-state index in [0.29, 0.717) is 15.6 Å². The zero-order valence-corrected chi connectivity index (χ0v) is 18.4. The maximum absolute atomic E-state index is 15.4. The summed E-state index contributed by atoms with van der Waals surface area (Å²) in [6, 6.07) is 6.24. The van der Waals surface area contributed by atoms with E-state index in [-0.39, 0.29) is 11.3 Å². The van der Waals surface area contributed by atoms with Crippen LogP contribution in [0.4, 0.5) is 24.7 Å². The first-order valence-corrected chi connectivity index (χ1v) is 11.8. The molecule has 2 aromatic carbocycles. The highest BCUT2D eigenvalue weighted by Gasteiger charge is 2.25. The molecule has 172 valence electrons. The molecule has 0 saturated heterocycles. The molecule has 34 heavy (non-hydrogen) atoms. The van der Waals surface area contributed by atoms with E-state index >= 15 is 4.39 Å². The Morgan fingerprint density at radius 2 is 1.82 bits per heavy atom. The molecule has 8 nitrogen and oxygen atoms in total. The van der Waals surface area contributed by atoms with Crippen LogP contribution in [-0.2, 0) is 10.0 Å². The number of hydrogen-bond acceptors (Lipinski definition) is 7. The Hall–Kier alpha value is -3.97. The number of aromatic amines is 1. The molecule has 3 aromatic heterocycles. The Kier molecular flexibility index (Phi) is 5.02. The molecular weight excluding hydrogens is 491 g/mol. The van der Waals surface area contributed by atoms with Crippen molar-refractivity contribution < 1.29 is 21.6 Å². The predicted molar refractivity (Wildman–Crippen MR) is 123 cm³/mol. The van der Waals surface area contributed by atoms with Crippen LogP contribution in [0.5, 0.6) is 0 Å². The summed E-state index contributed by atoms with van der Waals surface area (Å²) < 4.78 is 72.5. The van der Waals surface area contributed by atoms with E-state index in [1.165, 1.54) is 23.8 Å². The molecule has 0 radical (unpaired) electrons. The first-order chi connectivity index (χ1) is 16.1. The summed E-state index contributed by atoms with van der Waals surface area (Å²) in [5.41, 5.74) is 4.90. The molecule has 0 amide bonds. The van der Waals surface area contributed by atoms with Gasteiger partial charge >= 0.3 is 0 Å². The van der Waals surface area contributed by atoms with E-state index in [1.807, 2.05) is 4.72 Å². The van der Waals surface area contributed by atoms with Gasteiger partial charge in [-0.25, -0.2) is 31.6 Å². The summed E-state index contributed by atoms with van der Waals surface area (Å²) in [7, 11) is -4.62. The number of nitrogens with two attached hydrogens (primary N) is 1. The number of rotatable bonds is 4. The third kappa shape index (κ3) is 3.64. The maximum Gasteiger partial charge on any atom is 0.264 e. The van der Waals surface area contributed by atoms with Gasteiger partial charge in [-0.3, -0.25) is 9.52 Å². The van der Waals surface area contributed by atoms with Crippen molar-refractivity contribution in [3.05, 3.63) is 75.9 Å². The van der Waals surface area contributed by atoms with Gasteiger partial charge in [-0.05, 0) is 24.3 Å². The second kappa shape index (κ2) is 7.81. The number of thiazole rings is 1. The van der Waals surface area contributed by atoms with Gasteiger partial charge in [-0.1, -0.05) is 0 Å². The molecule has 0 atom stereocenters. The van der Waals surface area contributed by atoms with Crippen molar-refractivity contribution in [2.24, 2.45) is 0 Å². The minimum absolute atomic E-state index is 0.133. The van der Waals surface area contributed by atoms with Crippen LogP contribution in [0.15, 0.2) is 57.8 Å². The number of nitrogen functional groups attached to an aromatic ring is 1. The molecular formula is C21H12F3N5O3S2. The number of fused-ring (bicyclic) bond motifs is 2. The number of pyridine rings is 2. The predicted octanol–water partition coefficient (Wildman–Crippen LogP) is 4.00. The highest BCUT2D eigenvalue weighted by Crippen LogP contribution is 2.32. The Labute approximate surface area is 193 Å². The fourth-order valence-corrected chi connectivity index (χ4v) is 5.36. The Bertz CT molecular complexity index is 1780. The van der Waals surface area contributed by atoms with Crippen molar-refractivity contribution in [2.75, 3.05) is 10.5 Å². The van der Waals surface area contributed by atoms with Gasteiger partial charge < -0.3 is 10.7 Å². The van der Waals surface area contributed by atoms with Gasteiger partial charge in [0.05, 0.1) is 38.1 Å². The molecule has 0 fully saturated rings. The molecule has 0 spiro atoms. The average Bonchev–Trinajstić information content (AvgIpc) is 3.23. The van der Waals surface area contributed by atoms with E-state index < -0.39 is 54.7 Å². The van der Waals surface area contributed by atoms with Crippen molar-refractivity contribution in [1.29, 1.82) is 0 Å². The smallest absolute Gasteiger partial charge is 0.264 e. The molecule has 0 unspecified atom stereocenters. The molecule has 3 heterocycles. The average molecular weight is 503 g/mol. The van der Waals surface area contributed by atoms with Crippen LogP contribution in [-0.4, -0.2) is 23.4 Å². The van der Waals surface area contributed by atoms with E-state index in [2.05, 4.69) is 15.0 Å². The molecule has 13 heteroatoms. The number of nitrogens with zero attached hydrogens (tertiary/aromatic N) is 2. The summed E-state index contributed by atoms with van der Waals surface area (Å²) in [4.78, 5) is 22.1. The summed E-state index contributed by atoms with van der Waals surface area (Å²) >= 11 is 1.10. The first-order valence-electron chi connectivity index (χ1n) is 9.46. The molecule has 0 saturated carbocycles. The SMILES string of the molecule is Nc1cc2[nH]c(=O)c(-c3c(F)ccc(NS(=O)(=O)c4cc5scnc5cc4F)c3F)cc2cn1. The lowest BCUT2D eigenvalue weighted by Crippen LogP contribution is -2.17. The minimum atomic E-state index is -4.62. The third-order valence-electron chi connectivity index (χ3n) is 5.03. The number of benzene rings is 2. The van der Waals surface area contributed by atoms with Gasteiger partial charge in [0.25, 0.3) is 15.6 Å². The lowest BCUT2D eigenvalue weighted by Gasteiger charge is -2.13. The molecule has 5 rings (SSSR count). The molecule has 5 aromatic rings. The Morgan fingerprint density at radius 3 is 2.62 bits per heavy atom. The molecule has 0 aliphatic heterocycles. The van der Waals surface area contributed by atoms with Gasteiger partial charge in [-0.2, -0.15) is 0 Å². The highest BCUT2D eigenvalue weighted by atomic mass is 32.2. The monoisotopic (exact) mass is 503 g/mol. The van der Waals surface area contributed by atoms with Gasteiger partial charge in [0.2, 0.25) is 0 Å². The van der Waals surface area contributed by atoms with Gasteiger partial charge in [0.15, 0.2) is 5.82 Å². The molecule has 0 aliphatic rings. The van der Waals surface area contributed by atoms with Crippen molar-refractivity contribution in [2.45, 2.75) is 4.90 Å². The van der Waals surface area contributed by atoms with Crippen LogP contribution >= 0.6 is 11.3 Å². The number of halogens is 3. The zero-order valence-electron chi connectivity index (χ0n) is 16.8. The van der Waals surface area contributed by atoms with Crippen LogP contribution in [0.3, 0.4) is 0 Å². The Morgan fingerprint density at radius 1 is 1.03 bits per heavy atom. The number of H-pyrrole nitrogens is 1. The molecule has 4 N–H and O–H groups in total. The van der Waals surface area contributed by atoms with E-state index in [0.717, 1.165) is 35.6 Å². The summed E-state index contributed by atoms with van der Waals surface area (Å²) in [5, 5.41) is 0.341. The van der Waals surface area contributed by atoms with Gasteiger partial charge in [0, 0.05) is 23.7 Å². The number of nitrogens with one attached hydrogen (secondary N) is 2. The summed E-state index contributed by atoms with van der Waals surface area (Å²) in [6.45, 7) is 0. The van der Waals surface area contributed by atoms with Gasteiger partial charge in [0.1, 0.15) is 22.3 Å². The maximum atomic E-state index is 15.4.